The third kappa shape index (κ3) is 4.30. The van der Waals surface area contributed by atoms with Gasteiger partial charge in [-0.1, -0.05) is 66.7 Å². The van der Waals surface area contributed by atoms with Gasteiger partial charge in [0, 0.05) is 17.7 Å². The monoisotopic (exact) mass is 398 g/mol. The van der Waals surface area contributed by atoms with E-state index >= 15 is 0 Å². The average molecular weight is 398 g/mol. The topological polar surface area (TPSA) is 72.2 Å². The lowest BCUT2D eigenvalue weighted by Gasteiger charge is -2.27. The van der Waals surface area contributed by atoms with Gasteiger partial charge < -0.3 is 5.32 Å². The standard InChI is InChI=1S/C25H22N2O3/c28-25(26-24-15-7-12-19-11-4-5-14-22(19)24)23(20-9-2-1-3-10-20)17-18-8-6-13-21(16-18)27(29)30/h1-6,8-11,13-14,16-17,24H,7,12,15H2,(H,26,28)/b23-17+/t24-/m1/s1. The molecule has 0 bridgehead atoms. The van der Waals surface area contributed by atoms with Gasteiger partial charge in [-0.3, -0.25) is 14.9 Å². The molecule has 0 aromatic heterocycles. The van der Waals surface area contributed by atoms with E-state index in [0.29, 0.717) is 11.1 Å². The minimum Gasteiger partial charge on any atom is -0.345 e. The molecule has 0 spiro atoms. The van der Waals surface area contributed by atoms with E-state index in [9.17, 15) is 14.9 Å². The Balaban J connectivity index is 1.68. The fraction of sp³-hybridized carbons (Fsp3) is 0.160. The van der Waals surface area contributed by atoms with Gasteiger partial charge in [-0.15, -0.1) is 0 Å². The molecule has 0 unspecified atom stereocenters. The highest BCUT2D eigenvalue weighted by molar-refractivity contribution is 6.24. The number of nitro groups is 1. The summed E-state index contributed by atoms with van der Waals surface area (Å²) in [6.07, 6.45) is 4.66. The molecule has 30 heavy (non-hydrogen) atoms. The van der Waals surface area contributed by atoms with Crippen molar-refractivity contribution >= 4 is 23.2 Å². The number of nitrogens with zero attached hydrogens (tertiary/aromatic N) is 1. The molecule has 1 N–H and O–H groups in total. The highest BCUT2D eigenvalue weighted by Crippen LogP contribution is 2.30. The van der Waals surface area contributed by atoms with Gasteiger partial charge in [-0.2, -0.15) is 0 Å². The third-order valence-corrected chi connectivity index (χ3v) is 5.40. The minimum absolute atomic E-state index is 0.00206. The molecule has 3 aromatic carbocycles. The quantitative estimate of drug-likeness (QED) is 0.273. The molecule has 0 aliphatic heterocycles. The number of carbonyl (C=O) groups excluding carboxylic acids is 1. The van der Waals surface area contributed by atoms with Crippen LogP contribution in [0.15, 0.2) is 78.9 Å². The fourth-order valence-corrected chi connectivity index (χ4v) is 3.93. The van der Waals surface area contributed by atoms with Crippen LogP contribution in [0.4, 0.5) is 5.69 Å². The Bertz CT molecular complexity index is 1110. The van der Waals surface area contributed by atoms with Crippen molar-refractivity contribution in [3.63, 3.8) is 0 Å². The molecule has 0 saturated heterocycles. The number of rotatable bonds is 5. The van der Waals surface area contributed by atoms with Crippen molar-refractivity contribution in [2.24, 2.45) is 0 Å². The van der Waals surface area contributed by atoms with Crippen LogP contribution in [0, 0.1) is 10.1 Å². The van der Waals surface area contributed by atoms with Crippen LogP contribution in [-0.4, -0.2) is 10.8 Å². The van der Waals surface area contributed by atoms with E-state index in [0.717, 1.165) is 24.8 Å². The Morgan fingerprint density at radius 3 is 2.57 bits per heavy atom. The second kappa shape index (κ2) is 8.74. The number of amides is 1. The summed E-state index contributed by atoms with van der Waals surface area (Å²) in [4.78, 5) is 24.0. The van der Waals surface area contributed by atoms with E-state index in [2.05, 4.69) is 17.4 Å². The van der Waals surface area contributed by atoms with E-state index in [-0.39, 0.29) is 17.6 Å². The number of nitro benzene ring substituents is 1. The molecular formula is C25H22N2O3. The Kier molecular flexibility index (Phi) is 5.70. The van der Waals surface area contributed by atoms with Gasteiger partial charge >= 0.3 is 0 Å². The van der Waals surface area contributed by atoms with Crippen LogP contribution in [0.3, 0.4) is 0 Å². The second-order valence-electron chi connectivity index (χ2n) is 7.39. The molecule has 0 saturated carbocycles. The van der Waals surface area contributed by atoms with Crippen molar-refractivity contribution in [1.29, 1.82) is 0 Å². The van der Waals surface area contributed by atoms with E-state index < -0.39 is 4.92 Å². The number of fused-ring (bicyclic) bond motifs is 1. The lowest BCUT2D eigenvalue weighted by Crippen LogP contribution is -2.31. The van der Waals surface area contributed by atoms with Crippen LogP contribution >= 0.6 is 0 Å². The molecule has 5 heteroatoms. The molecule has 1 aliphatic carbocycles. The fourth-order valence-electron chi connectivity index (χ4n) is 3.93. The first kappa shape index (κ1) is 19.6. The summed E-state index contributed by atoms with van der Waals surface area (Å²) in [5.41, 5.74) is 4.31. The number of benzene rings is 3. The zero-order valence-electron chi connectivity index (χ0n) is 16.5. The molecule has 150 valence electrons. The SMILES string of the molecule is O=C(N[C@@H]1CCCc2ccccc21)/C(=C/c1cccc([N+](=O)[O-])c1)c1ccccc1. The summed E-state index contributed by atoms with van der Waals surface area (Å²) in [6, 6.07) is 23.9. The third-order valence-electron chi connectivity index (χ3n) is 5.40. The number of hydrogen-bond donors (Lipinski definition) is 1. The Morgan fingerprint density at radius 2 is 1.77 bits per heavy atom. The van der Waals surface area contributed by atoms with Crippen molar-refractivity contribution in [3.8, 4) is 0 Å². The smallest absolute Gasteiger partial charge is 0.270 e. The largest absolute Gasteiger partial charge is 0.345 e. The lowest BCUT2D eigenvalue weighted by atomic mass is 9.87. The predicted octanol–water partition coefficient (Wildman–Crippen LogP) is 5.33. The summed E-state index contributed by atoms with van der Waals surface area (Å²) in [5.74, 6) is -0.186. The molecule has 1 amide bonds. The first-order valence-electron chi connectivity index (χ1n) is 10.0. The normalized spacial score (nSPS) is 15.9. The molecule has 0 radical (unpaired) electrons. The van der Waals surface area contributed by atoms with Gasteiger partial charge in [0.05, 0.1) is 11.0 Å². The molecule has 5 nitrogen and oxygen atoms in total. The van der Waals surface area contributed by atoms with E-state index in [4.69, 9.17) is 0 Å². The maximum atomic E-state index is 13.3. The summed E-state index contributed by atoms with van der Waals surface area (Å²) >= 11 is 0. The zero-order valence-corrected chi connectivity index (χ0v) is 16.5. The summed E-state index contributed by atoms with van der Waals surface area (Å²) in [5, 5.41) is 14.3. The first-order chi connectivity index (χ1) is 14.6. The summed E-state index contributed by atoms with van der Waals surface area (Å²) in [6.45, 7) is 0. The maximum absolute atomic E-state index is 13.3. The van der Waals surface area contributed by atoms with Crippen molar-refractivity contribution < 1.29 is 9.72 Å². The van der Waals surface area contributed by atoms with Crippen molar-refractivity contribution in [2.75, 3.05) is 0 Å². The number of carbonyl (C=O) groups is 1. The Labute approximate surface area is 175 Å². The van der Waals surface area contributed by atoms with Crippen LogP contribution in [-0.2, 0) is 11.2 Å². The molecule has 3 aromatic rings. The number of nitrogens with one attached hydrogen (secondary N) is 1. The average Bonchev–Trinajstić information content (AvgIpc) is 2.78. The lowest BCUT2D eigenvalue weighted by molar-refractivity contribution is -0.384. The van der Waals surface area contributed by atoms with Gasteiger partial charge in [0.15, 0.2) is 0 Å². The zero-order chi connectivity index (χ0) is 20.9. The van der Waals surface area contributed by atoms with E-state index in [1.165, 1.54) is 23.3 Å². The highest BCUT2D eigenvalue weighted by atomic mass is 16.6. The van der Waals surface area contributed by atoms with Gasteiger partial charge in [-0.25, -0.2) is 0 Å². The highest BCUT2D eigenvalue weighted by Gasteiger charge is 2.23. The van der Waals surface area contributed by atoms with Crippen LogP contribution < -0.4 is 5.32 Å². The van der Waals surface area contributed by atoms with E-state index in [1.807, 2.05) is 42.5 Å². The molecule has 0 fully saturated rings. The molecule has 4 rings (SSSR count). The number of aryl methyl sites for hydroxylation is 1. The molecule has 0 heterocycles. The maximum Gasteiger partial charge on any atom is 0.270 e. The molecule has 1 atom stereocenters. The second-order valence-corrected chi connectivity index (χ2v) is 7.39. The van der Waals surface area contributed by atoms with Gasteiger partial charge in [-0.05, 0) is 47.6 Å². The van der Waals surface area contributed by atoms with Crippen LogP contribution in [0.25, 0.3) is 11.6 Å². The molecule has 1 aliphatic rings. The van der Waals surface area contributed by atoms with Gasteiger partial charge in [0.1, 0.15) is 0 Å². The summed E-state index contributed by atoms with van der Waals surface area (Å²) in [7, 11) is 0. The summed E-state index contributed by atoms with van der Waals surface area (Å²) < 4.78 is 0. The van der Waals surface area contributed by atoms with Crippen molar-refractivity contribution in [3.05, 3.63) is 111 Å². The Hall–Kier alpha value is -3.73. The van der Waals surface area contributed by atoms with Gasteiger partial charge in [0.25, 0.3) is 11.6 Å². The Morgan fingerprint density at radius 1 is 1.00 bits per heavy atom. The van der Waals surface area contributed by atoms with Gasteiger partial charge in [0.2, 0.25) is 0 Å². The van der Waals surface area contributed by atoms with Crippen LogP contribution in [0.5, 0.6) is 0 Å². The van der Waals surface area contributed by atoms with Crippen LogP contribution in [0.2, 0.25) is 0 Å². The number of hydrogen-bond acceptors (Lipinski definition) is 3. The minimum atomic E-state index is -0.432. The predicted molar refractivity (Wildman–Crippen MR) is 118 cm³/mol. The van der Waals surface area contributed by atoms with Crippen molar-refractivity contribution in [2.45, 2.75) is 25.3 Å². The molecular weight excluding hydrogens is 376 g/mol. The van der Waals surface area contributed by atoms with Crippen LogP contribution in [0.1, 0.15) is 41.1 Å². The first-order valence-corrected chi connectivity index (χ1v) is 10.0. The van der Waals surface area contributed by atoms with E-state index in [1.54, 1.807) is 18.2 Å². The number of non-ortho nitro benzene ring substituents is 1. The van der Waals surface area contributed by atoms with Crippen molar-refractivity contribution in [1.82, 2.24) is 5.32 Å².